The molecule has 2 aliphatic carbocycles. The predicted octanol–water partition coefficient (Wildman–Crippen LogP) is 8.80. The van der Waals surface area contributed by atoms with E-state index in [2.05, 4.69) is 40.1 Å². The Morgan fingerprint density at radius 1 is 0.564 bits per heavy atom. The average molecular weight is 527 g/mol. The Balaban J connectivity index is 1.81. The van der Waals surface area contributed by atoms with Gasteiger partial charge >= 0.3 is 0 Å². The lowest BCUT2D eigenvalue weighted by Gasteiger charge is -2.43. The van der Waals surface area contributed by atoms with Crippen LogP contribution in [0.1, 0.15) is 61.9 Å². The van der Waals surface area contributed by atoms with Gasteiger partial charge in [0.2, 0.25) is 0 Å². The smallest absolute Gasteiger partial charge is 0.0865 e. The number of nitrogens with zero attached hydrogens (tertiary/aromatic N) is 12. The van der Waals surface area contributed by atoms with Crippen molar-refractivity contribution in [2.45, 2.75) is 74.9 Å². The Morgan fingerprint density at radius 2 is 0.949 bits per heavy atom. The monoisotopic (exact) mass is 526 g/mol. The van der Waals surface area contributed by atoms with Gasteiger partial charge < -0.3 is 4.74 Å². The summed E-state index contributed by atoms with van der Waals surface area (Å²) < 4.78 is 7.07. The second-order valence-electron chi connectivity index (χ2n) is 9.92. The lowest BCUT2D eigenvalue weighted by molar-refractivity contribution is -0.0954. The molecule has 0 heterocycles. The summed E-state index contributed by atoms with van der Waals surface area (Å²) in [6.45, 7) is 0. The molecule has 0 bridgehead atoms. The maximum Gasteiger partial charge on any atom is 0.0865 e. The molecule has 0 radical (unpaired) electrons. The maximum absolute atomic E-state index is 9.41. The molecule has 2 aromatic rings. The first kappa shape index (κ1) is 27.7. The van der Waals surface area contributed by atoms with Gasteiger partial charge in [-0.2, -0.15) is 0 Å². The Morgan fingerprint density at radius 3 is 1.31 bits per heavy atom. The van der Waals surface area contributed by atoms with E-state index in [4.69, 9.17) is 4.74 Å². The Kier molecular flexibility index (Phi) is 9.92. The van der Waals surface area contributed by atoms with E-state index < -0.39 is 36.4 Å². The summed E-state index contributed by atoms with van der Waals surface area (Å²) in [5.74, 6) is -0.513. The van der Waals surface area contributed by atoms with E-state index in [0.29, 0.717) is 25.7 Å². The Bertz CT molecular complexity index is 1180. The van der Waals surface area contributed by atoms with Crippen LogP contribution in [0.15, 0.2) is 81.1 Å². The highest BCUT2D eigenvalue weighted by molar-refractivity contribution is 5.23. The van der Waals surface area contributed by atoms with Crippen molar-refractivity contribution in [1.29, 1.82) is 0 Å². The van der Waals surface area contributed by atoms with Gasteiger partial charge in [-0.15, -0.1) is 0 Å². The van der Waals surface area contributed by atoms with Crippen LogP contribution >= 0.6 is 0 Å². The van der Waals surface area contributed by atoms with Crippen molar-refractivity contribution in [1.82, 2.24) is 0 Å². The normalized spacial score (nSPS) is 27.8. The fourth-order valence-electron chi connectivity index (χ4n) is 6.17. The van der Waals surface area contributed by atoms with Gasteiger partial charge in [-0.3, -0.25) is 0 Å². The molecule has 8 atom stereocenters. The third-order valence-corrected chi connectivity index (χ3v) is 7.84. The first-order valence-electron chi connectivity index (χ1n) is 13.1. The van der Waals surface area contributed by atoms with E-state index in [1.54, 1.807) is 0 Å². The molecule has 0 aliphatic heterocycles. The van der Waals surface area contributed by atoms with Crippen LogP contribution < -0.4 is 0 Å². The van der Waals surface area contributed by atoms with Crippen molar-refractivity contribution in [3.05, 3.63) is 114 Å². The first-order chi connectivity index (χ1) is 19.2. The first-order valence-corrected chi connectivity index (χ1v) is 13.1. The summed E-state index contributed by atoms with van der Waals surface area (Å²) in [5, 5.41) is 16.1. The minimum Gasteiger partial charge on any atom is -0.365 e. The van der Waals surface area contributed by atoms with Crippen molar-refractivity contribution >= 4 is 0 Å². The molecule has 200 valence electrons. The highest BCUT2D eigenvalue weighted by Gasteiger charge is 2.43. The number of hydrogen-bond acceptors (Lipinski definition) is 5. The summed E-state index contributed by atoms with van der Waals surface area (Å²) in [5.41, 5.74) is 39.0. The van der Waals surface area contributed by atoms with Crippen LogP contribution in [-0.4, -0.2) is 24.2 Å². The number of hydrogen-bond donors (Lipinski definition) is 0. The van der Waals surface area contributed by atoms with Crippen molar-refractivity contribution in [3.8, 4) is 0 Å². The van der Waals surface area contributed by atoms with Gasteiger partial charge in [0.05, 0.1) is 24.3 Å². The number of azide groups is 4. The standard InChI is InChI=1S/C26H30N12O/c27-35-31-21-15-7-13-19(23(21)33-37-29)25(17-9-3-1-4-10-17)39-26(18-11-5-2-6-12-18)20-14-8-16-22(32-36-28)24(20)34-38-30/h1-6,9-12,19-26H,7-8,13-16H2. The Hall–Kier alpha value is -4.36. The molecule has 8 unspecified atom stereocenters. The topological polar surface area (TPSA) is 204 Å². The lowest BCUT2D eigenvalue weighted by atomic mass is 9.75. The summed E-state index contributed by atoms with van der Waals surface area (Å²) in [6.07, 6.45) is 3.26. The van der Waals surface area contributed by atoms with Gasteiger partial charge in [0.25, 0.3) is 0 Å². The third kappa shape index (κ3) is 6.56. The summed E-state index contributed by atoms with van der Waals surface area (Å²) in [7, 11) is 0. The minimum absolute atomic E-state index is 0.256. The largest absolute Gasteiger partial charge is 0.365 e. The molecule has 2 aliphatic rings. The quantitative estimate of drug-likeness (QED) is 0.166. The fourth-order valence-corrected chi connectivity index (χ4v) is 6.17. The van der Waals surface area contributed by atoms with Crippen LogP contribution in [0.4, 0.5) is 0 Å². The summed E-state index contributed by atoms with van der Waals surface area (Å²) in [6, 6.07) is 17.4. The molecular formula is C26H30N12O. The molecule has 2 saturated carbocycles. The molecule has 2 aromatic carbocycles. The van der Waals surface area contributed by atoms with E-state index in [0.717, 1.165) is 24.0 Å². The molecule has 0 N–H and O–H groups in total. The van der Waals surface area contributed by atoms with E-state index in [1.807, 2.05) is 60.7 Å². The van der Waals surface area contributed by atoms with E-state index in [-0.39, 0.29) is 11.8 Å². The van der Waals surface area contributed by atoms with E-state index in [9.17, 15) is 22.1 Å². The number of rotatable bonds is 10. The van der Waals surface area contributed by atoms with Gasteiger partial charge in [0, 0.05) is 31.7 Å². The zero-order valence-corrected chi connectivity index (χ0v) is 21.4. The SMILES string of the molecule is [N-]=[N+]=NC1CCCC(C(OC(c2ccccc2)C2CCCC(N=[N+]=[N-])C2N=[N+]=[N-])c2ccccc2)C1N=[N+]=[N-]. The maximum atomic E-state index is 9.41. The van der Waals surface area contributed by atoms with Crippen LogP contribution in [0.25, 0.3) is 41.8 Å². The molecule has 0 amide bonds. The number of benzene rings is 2. The zero-order valence-electron chi connectivity index (χ0n) is 21.4. The predicted molar refractivity (Wildman–Crippen MR) is 146 cm³/mol. The lowest BCUT2D eigenvalue weighted by Crippen LogP contribution is -2.42. The molecule has 39 heavy (non-hydrogen) atoms. The van der Waals surface area contributed by atoms with Gasteiger partial charge in [-0.25, -0.2) is 0 Å². The Labute approximate surface area is 225 Å². The molecule has 0 spiro atoms. The van der Waals surface area contributed by atoms with Crippen molar-refractivity contribution in [3.63, 3.8) is 0 Å². The molecule has 0 aromatic heterocycles. The highest BCUT2D eigenvalue weighted by atomic mass is 16.5. The average Bonchev–Trinajstić information content (AvgIpc) is 2.97. The van der Waals surface area contributed by atoms with Crippen molar-refractivity contribution in [2.75, 3.05) is 0 Å². The molecule has 0 saturated heterocycles. The van der Waals surface area contributed by atoms with Crippen molar-refractivity contribution in [2.24, 2.45) is 32.3 Å². The third-order valence-electron chi connectivity index (χ3n) is 7.84. The van der Waals surface area contributed by atoms with Crippen LogP contribution in [0, 0.1) is 11.8 Å². The fraction of sp³-hybridized carbons (Fsp3) is 0.538. The van der Waals surface area contributed by atoms with Crippen LogP contribution in [0.3, 0.4) is 0 Å². The molecule has 13 nitrogen and oxygen atoms in total. The van der Waals surface area contributed by atoms with Gasteiger partial charge in [0.15, 0.2) is 0 Å². The van der Waals surface area contributed by atoms with Gasteiger partial charge in [0.1, 0.15) is 0 Å². The van der Waals surface area contributed by atoms with Crippen molar-refractivity contribution < 1.29 is 4.74 Å². The molecular weight excluding hydrogens is 496 g/mol. The second-order valence-corrected chi connectivity index (χ2v) is 9.92. The molecule has 13 heteroatoms. The zero-order chi connectivity index (χ0) is 27.5. The van der Waals surface area contributed by atoms with Crippen LogP contribution in [0.5, 0.6) is 0 Å². The molecule has 2 fully saturated rings. The second kappa shape index (κ2) is 14.0. The van der Waals surface area contributed by atoms with Gasteiger partial charge in [-0.05, 0) is 70.8 Å². The summed E-state index contributed by atoms with van der Waals surface area (Å²) in [4.78, 5) is 12.2. The minimum atomic E-state index is -0.587. The van der Waals surface area contributed by atoms with Gasteiger partial charge in [-0.1, -0.05) is 94.0 Å². The van der Waals surface area contributed by atoms with E-state index in [1.165, 1.54) is 0 Å². The summed E-state index contributed by atoms with van der Waals surface area (Å²) >= 11 is 0. The van der Waals surface area contributed by atoms with Crippen LogP contribution in [0.2, 0.25) is 0 Å². The van der Waals surface area contributed by atoms with Crippen LogP contribution in [-0.2, 0) is 4.74 Å². The van der Waals surface area contributed by atoms with E-state index >= 15 is 0 Å². The highest BCUT2D eigenvalue weighted by Crippen LogP contribution is 2.47. The number of ether oxygens (including phenoxy) is 1. The molecule has 4 rings (SSSR count).